The Kier molecular flexibility index (Phi) is 4.26. The molecule has 0 unspecified atom stereocenters. The summed E-state index contributed by atoms with van der Waals surface area (Å²) in [5.74, 6) is 1.09. The van der Waals surface area contributed by atoms with Crippen molar-refractivity contribution in [2.45, 2.75) is 0 Å². The summed E-state index contributed by atoms with van der Waals surface area (Å²) in [5.41, 5.74) is 13.5. The van der Waals surface area contributed by atoms with E-state index in [9.17, 15) is 4.79 Å². The lowest BCUT2D eigenvalue weighted by Crippen LogP contribution is -2.10. The molecule has 0 bridgehead atoms. The van der Waals surface area contributed by atoms with Crippen molar-refractivity contribution >= 4 is 28.0 Å². The Morgan fingerprint density at radius 3 is 1.82 bits per heavy atom. The molecule has 6 rings (SSSR count). The summed E-state index contributed by atoms with van der Waals surface area (Å²) in [6, 6.07) is 23.3. The van der Waals surface area contributed by atoms with E-state index in [1.54, 1.807) is 24.5 Å². The van der Waals surface area contributed by atoms with Crippen molar-refractivity contribution < 1.29 is 4.79 Å². The van der Waals surface area contributed by atoms with Crippen LogP contribution in [0.1, 0.15) is 10.4 Å². The second kappa shape index (κ2) is 7.42. The first kappa shape index (κ1) is 18.9. The van der Waals surface area contributed by atoms with Crippen molar-refractivity contribution in [3.63, 3.8) is 0 Å². The summed E-state index contributed by atoms with van der Waals surface area (Å²) in [6.07, 6.45) is 3.54. The molecule has 3 aromatic heterocycles. The lowest BCUT2D eigenvalue weighted by Gasteiger charge is -2.01. The molecule has 7 nitrogen and oxygen atoms in total. The minimum Gasteiger partial charge on any atom is -0.366 e. The van der Waals surface area contributed by atoms with Gasteiger partial charge in [-0.15, -0.1) is 0 Å². The maximum absolute atomic E-state index is 11.3. The van der Waals surface area contributed by atoms with Gasteiger partial charge in [0.1, 0.15) is 11.6 Å². The number of primary amides is 1. The van der Waals surface area contributed by atoms with Gasteiger partial charge in [-0.25, -0.2) is 9.97 Å². The maximum atomic E-state index is 11.3. The number of carbonyl (C=O) groups excluding carboxylic acids is 1. The molecule has 4 N–H and O–H groups in total. The van der Waals surface area contributed by atoms with Crippen LogP contribution in [0, 0.1) is 0 Å². The number of nitrogens with one attached hydrogen (secondary N) is 2. The molecule has 0 saturated carbocycles. The molecule has 7 heteroatoms. The molecular formula is C26H18N6O. The standard InChI is InChI=1S/C26H18N6O/c27-24(33)15-3-5-16(6-4-15)25-29-20-9-7-17(12-22(20)31-25)18-8-10-21-23(13-18)32-26(30-21)19-2-1-11-28-14-19/h1-14H,(H2,27,33)(H,29,31)(H,30,32). The molecule has 1 amide bonds. The van der Waals surface area contributed by atoms with Crippen LogP contribution in [0.5, 0.6) is 0 Å². The van der Waals surface area contributed by atoms with Crippen molar-refractivity contribution in [2.75, 3.05) is 0 Å². The lowest BCUT2D eigenvalue weighted by atomic mass is 10.0. The summed E-state index contributed by atoms with van der Waals surface area (Å²) < 4.78 is 0. The first-order valence-electron chi connectivity index (χ1n) is 10.4. The number of hydrogen-bond donors (Lipinski definition) is 3. The number of fused-ring (bicyclic) bond motifs is 2. The van der Waals surface area contributed by atoms with Gasteiger partial charge in [-0.1, -0.05) is 24.3 Å². The summed E-state index contributed by atoms with van der Waals surface area (Å²) in [6.45, 7) is 0. The topological polar surface area (TPSA) is 113 Å². The molecule has 0 fully saturated rings. The Morgan fingerprint density at radius 2 is 1.27 bits per heavy atom. The normalized spacial score (nSPS) is 11.3. The summed E-state index contributed by atoms with van der Waals surface area (Å²) >= 11 is 0. The van der Waals surface area contributed by atoms with Crippen LogP contribution in [0.2, 0.25) is 0 Å². The van der Waals surface area contributed by atoms with E-state index in [-0.39, 0.29) is 0 Å². The van der Waals surface area contributed by atoms with E-state index in [2.05, 4.69) is 49.2 Å². The average Bonchev–Trinajstić information content (AvgIpc) is 3.48. The van der Waals surface area contributed by atoms with Gasteiger partial charge in [-0.05, 0) is 59.7 Å². The Hall–Kier alpha value is -4.78. The van der Waals surface area contributed by atoms with Crippen molar-refractivity contribution in [1.82, 2.24) is 24.9 Å². The monoisotopic (exact) mass is 430 g/mol. The molecule has 0 radical (unpaired) electrons. The van der Waals surface area contributed by atoms with E-state index in [0.29, 0.717) is 5.56 Å². The zero-order valence-electron chi connectivity index (χ0n) is 17.4. The molecule has 3 aromatic carbocycles. The number of nitrogens with zero attached hydrogens (tertiary/aromatic N) is 3. The van der Waals surface area contributed by atoms with E-state index < -0.39 is 5.91 Å². The number of aromatic amines is 2. The molecule has 33 heavy (non-hydrogen) atoms. The van der Waals surface area contributed by atoms with Crippen LogP contribution in [0.4, 0.5) is 0 Å². The number of aromatic nitrogens is 5. The SMILES string of the molecule is NC(=O)c1ccc(-c2nc3ccc(-c4ccc5nc(-c6cccnc6)[nH]c5c4)cc3[nH]2)cc1. The van der Waals surface area contributed by atoms with Crippen LogP contribution in [-0.4, -0.2) is 30.8 Å². The molecule has 0 spiro atoms. The third kappa shape index (κ3) is 3.41. The average molecular weight is 430 g/mol. The first-order chi connectivity index (χ1) is 16.1. The quantitative estimate of drug-likeness (QED) is 0.368. The number of amides is 1. The Labute approximate surface area is 188 Å². The fraction of sp³-hybridized carbons (Fsp3) is 0. The van der Waals surface area contributed by atoms with Crippen LogP contribution in [0.3, 0.4) is 0 Å². The van der Waals surface area contributed by atoms with Gasteiger partial charge in [0.15, 0.2) is 0 Å². The number of imidazole rings is 2. The van der Waals surface area contributed by atoms with Crippen LogP contribution in [0.15, 0.2) is 85.2 Å². The van der Waals surface area contributed by atoms with E-state index in [1.165, 1.54) is 0 Å². The fourth-order valence-electron chi connectivity index (χ4n) is 3.95. The Bertz CT molecular complexity index is 1630. The predicted molar refractivity (Wildman–Crippen MR) is 128 cm³/mol. The third-order valence-corrected chi connectivity index (χ3v) is 5.67. The summed E-state index contributed by atoms with van der Waals surface area (Å²) in [7, 11) is 0. The minimum atomic E-state index is -0.447. The lowest BCUT2D eigenvalue weighted by molar-refractivity contribution is 0.100. The fourth-order valence-corrected chi connectivity index (χ4v) is 3.95. The van der Waals surface area contributed by atoms with E-state index >= 15 is 0 Å². The van der Waals surface area contributed by atoms with Gasteiger partial charge in [-0.3, -0.25) is 9.78 Å². The smallest absolute Gasteiger partial charge is 0.248 e. The highest BCUT2D eigenvalue weighted by molar-refractivity contribution is 5.93. The molecule has 0 aliphatic carbocycles. The molecule has 3 heterocycles. The number of nitrogens with two attached hydrogens (primary N) is 1. The summed E-state index contributed by atoms with van der Waals surface area (Å²) in [4.78, 5) is 31.6. The molecular weight excluding hydrogens is 412 g/mol. The number of hydrogen-bond acceptors (Lipinski definition) is 4. The van der Waals surface area contributed by atoms with Gasteiger partial charge in [0.05, 0.1) is 22.1 Å². The van der Waals surface area contributed by atoms with Crippen LogP contribution < -0.4 is 5.73 Å². The number of benzene rings is 3. The molecule has 0 aliphatic rings. The zero-order chi connectivity index (χ0) is 22.4. The van der Waals surface area contributed by atoms with Crippen LogP contribution in [-0.2, 0) is 0 Å². The third-order valence-electron chi connectivity index (χ3n) is 5.67. The Balaban J connectivity index is 1.35. The second-order valence-electron chi connectivity index (χ2n) is 7.82. The van der Waals surface area contributed by atoms with E-state index in [0.717, 1.165) is 56.0 Å². The van der Waals surface area contributed by atoms with Gasteiger partial charge in [-0.2, -0.15) is 0 Å². The van der Waals surface area contributed by atoms with Crippen molar-refractivity contribution in [3.8, 4) is 33.9 Å². The number of H-pyrrole nitrogens is 2. The summed E-state index contributed by atoms with van der Waals surface area (Å²) in [5, 5.41) is 0. The molecule has 0 saturated heterocycles. The molecule has 158 valence electrons. The molecule has 0 atom stereocenters. The van der Waals surface area contributed by atoms with Gasteiger partial charge in [0.2, 0.25) is 5.91 Å². The van der Waals surface area contributed by atoms with Crippen molar-refractivity contribution in [2.24, 2.45) is 5.73 Å². The molecule has 6 aromatic rings. The predicted octanol–water partition coefficient (Wildman–Crippen LogP) is 4.93. The van der Waals surface area contributed by atoms with Gasteiger partial charge in [0, 0.05) is 29.1 Å². The van der Waals surface area contributed by atoms with E-state index in [1.807, 2.05) is 36.4 Å². The van der Waals surface area contributed by atoms with Crippen LogP contribution in [0.25, 0.3) is 56.0 Å². The first-order valence-corrected chi connectivity index (χ1v) is 10.4. The van der Waals surface area contributed by atoms with Crippen LogP contribution >= 0.6 is 0 Å². The number of pyridine rings is 1. The van der Waals surface area contributed by atoms with Gasteiger partial charge in [0.25, 0.3) is 0 Å². The number of rotatable bonds is 4. The maximum Gasteiger partial charge on any atom is 0.248 e. The number of carbonyl (C=O) groups is 1. The van der Waals surface area contributed by atoms with E-state index in [4.69, 9.17) is 5.73 Å². The Morgan fingerprint density at radius 1 is 0.697 bits per heavy atom. The molecule has 0 aliphatic heterocycles. The van der Waals surface area contributed by atoms with Gasteiger partial charge >= 0.3 is 0 Å². The largest absolute Gasteiger partial charge is 0.366 e. The second-order valence-corrected chi connectivity index (χ2v) is 7.82. The van der Waals surface area contributed by atoms with Gasteiger partial charge < -0.3 is 15.7 Å². The minimum absolute atomic E-state index is 0.447. The van der Waals surface area contributed by atoms with Crippen molar-refractivity contribution in [3.05, 3.63) is 90.8 Å². The highest BCUT2D eigenvalue weighted by Gasteiger charge is 2.10. The highest BCUT2D eigenvalue weighted by atomic mass is 16.1. The highest BCUT2D eigenvalue weighted by Crippen LogP contribution is 2.29. The zero-order valence-corrected chi connectivity index (χ0v) is 17.4. The van der Waals surface area contributed by atoms with Crippen molar-refractivity contribution in [1.29, 1.82) is 0 Å².